The molecule has 108 valence electrons. The van der Waals surface area contributed by atoms with Gasteiger partial charge in [-0.1, -0.05) is 6.92 Å². The molecule has 0 aliphatic carbocycles. The summed E-state index contributed by atoms with van der Waals surface area (Å²) in [5, 5.41) is 10.5. The van der Waals surface area contributed by atoms with Crippen molar-refractivity contribution in [2.45, 2.75) is 38.5 Å². The number of imidazole rings is 1. The molecular formula is C14H26N4O. The molecule has 19 heavy (non-hydrogen) atoms. The summed E-state index contributed by atoms with van der Waals surface area (Å²) in [6.45, 7) is 6.45. The monoisotopic (exact) mass is 266 g/mol. The number of aromatic nitrogens is 2. The summed E-state index contributed by atoms with van der Waals surface area (Å²) >= 11 is 0. The first-order valence-corrected chi connectivity index (χ1v) is 7.12. The fourth-order valence-electron chi connectivity index (χ4n) is 2.93. The molecule has 1 aromatic rings. The van der Waals surface area contributed by atoms with E-state index < -0.39 is 5.60 Å². The molecule has 1 saturated heterocycles. The number of rotatable bonds is 6. The Kier molecular flexibility index (Phi) is 4.60. The van der Waals surface area contributed by atoms with Crippen LogP contribution < -0.4 is 0 Å². The van der Waals surface area contributed by atoms with Crippen LogP contribution in [0.3, 0.4) is 0 Å². The molecule has 5 nitrogen and oxygen atoms in total. The lowest BCUT2D eigenvalue weighted by molar-refractivity contribution is 0.0237. The molecular weight excluding hydrogens is 240 g/mol. The van der Waals surface area contributed by atoms with Crippen LogP contribution in [-0.2, 0) is 13.1 Å². The van der Waals surface area contributed by atoms with Crippen LogP contribution in [0, 0.1) is 0 Å². The average molecular weight is 266 g/mol. The van der Waals surface area contributed by atoms with Crippen molar-refractivity contribution >= 4 is 0 Å². The summed E-state index contributed by atoms with van der Waals surface area (Å²) in [6.07, 6.45) is 5.88. The molecule has 1 atom stereocenters. The van der Waals surface area contributed by atoms with Crippen molar-refractivity contribution in [1.82, 2.24) is 19.4 Å². The Morgan fingerprint density at radius 3 is 2.95 bits per heavy atom. The predicted molar refractivity (Wildman–Crippen MR) is 75.9 cm³/mol. The van der Waals surface area contributed by atoms with E-state index in [2.05, 4.69) is 26.3 Å². The first-order valence-electron chi connectivity index (χ1n) is 7.12. The number of aryl methyl sites for hydroxylation is 1. The summed E-state index contributed by atoms with van der Waals surface area (Å²) in [7, 11) is 4.02. The van der Waals surface area contributed by atoms with Gasteiger partial charge in [-0.2, -0.15) is 0 Å². The SMILES string of the molecule is CCCn1ccnc1CN1CC[C@@](O)(CN(C)C)C1. The van der Waals surface area contributed by atoms with Gasteiger partial charge in [0.1, 0.15) is 5.82 Å². The minimum Gasteiger partial charge on any atom is -0.387 e. The summed E-state index contributed by atoms with van der Waals surface area (Å²) < 4.78 is 2.21. The van der Waals surface area contributed by atoms with Crippen LogP contribution in [0.25, 0.3) is 0 Å². The highest BCUT2D eigenvalue weighted by Crippen LogP contribution is 2.23. The van der Waals surface area contributed by atoms with E-state index in [9.17, 15) is 5.11 Å². The Labute approximate surface area is 115 Å². The average Bonchev–Trinajstić information content (AvgIpc) is 2.87. The standard InChI is InChI=1S/C14H26N4O/c1-4-7-18-9-6-15-13(18)10-17-8-5-14(19,12-17)11-16(2)3/h6,9,19H,4-5,7-8,10-12H2,1-3H3/t14-/m1/s1. The van der Waals surface area contributed by atoms with Crippen molar-refractivity contribution in [3.63, 3.8) is 0 Å². The first kappa shape index (κ1) is 14.5. The van der Waals surface area contributed by atoms with Crippen LogP contribution in [0.4, 0.5) is 0 Å². The van der Waals surface area contributed by atoms with Crippen molar-refractivity contribution in [3.05, 3.63) is 18.2 Å². The summed E-state index contributed by atoms with van der Waals surface area (Å²) in [5.41, 5.74) is -0.564. The van der Waals surface area contributed by atoms with Gasteiger partial charge in [0.05, 0.1) is 12.1 Å². The summed E-state index contributed by atoms with van der Waals surface area (Å²) in [6, 6.07) is 0. The van der Waals surface area contributed by atoms with Crippen LogP contribution in [0.5, 0.6) is 0 Å². The van der Waals surface area contributed by atoms with E-state index in [4.69, 9.17) is 0 Å². The lowest BCUT2D eigenvalue weighted by Crippen LogP contribution is -2.42. The number of likely N-dealkylation sites (N-methyl/N-ethyl adjacent to an activating group) is 1. The molecule has 0 spiro atoms. The fraction of sp³-hybridized carbons (Fsp3) is 0.786. The van der Waals surface area contributed by atoms with E-state index in [0.717, 1.165) is 51.4 Å². The van der Waals surface area contributed by atoms with Crippen LogP contribution >= 0.6 is 0 Å². The summed E-state index contributed by atoms with van der Waals surface area (Å²) in [4.78, 5) is 8.80. The maximum atomic E-state index is 10.5. The van der Waals surface area contributed by atoms with E-state index in [0.29, 0.717) is 0 Å². The van der Waals surface area contributed by atoms with Crippen molar-refractivity contribution < 1.29 is 5.11 Å². The number of hydrogen-bond donors (Lipinski definition) is 1. The molecule has 1 aliphatic heterocycles. The maximum absolute atomic E-state index is 10.5. The van der Waals surface area contributed by atoms with Crippen molar-refractivity contribution in [2.75, 3.05) is 33.7 Å². The third-order valence-corrected chi connectivity index (χ3v) is 3.65. The molecule has 0 unspecified atom stereocenters. The van der Waals surface area contributed by atoms with E-state index >= 15 is 0 Å². The molecule has 5 heteroatoms. The van der Waals surface area contributed by atoms with Gasteiger partial charge >= 0.3 is 0 Å². The molecule has 0 bridgehead atoms. The number of hydrogen-bond acceptors (Lipinski definition) is 4. The van der Waals surface area contributed by atoms with Gasteiger partial charge < -0.3 is 14.6 Å². The van der Waals surface area contributed by atoms with Crippen LogP contribution in [0.1, 0.15) is 25.6 Å². The highest BCUT2D eigenvalue weighted by Gasteiger charge is 2.36. The van der Waals surface area contributed by atoms with Gasteiger partial charge in [0.15, 0.2) is 0 Å². The zero-order valence-corrected chi connectivity index (χ0v) is 12.3. The third-order valence-electron chi connectivity index (χ3n) is 3.65. The molecule has 0 radical (unpaired) electrons. The van der Waals surface area contributed by atoms with Gasteiger partial charge in [0.2, 0.25) is 0 Å². The highest BCUT2D eigenvalue weighted by molar-refractivity contribution is 4.97. The van der Waals surface area contributed by atoms with Gasteiger partial charge in [0, 0.05) is 38.6 Å². The smallest absolute Gasteiger partial charge is 0.122 e. The zero-order valence-electron chi connectivity index (χ0n) is 12.3. The zero-order chi connectivity index (χ0) is 13.9. The first-order chi connectivity index (χ1) is 9.02. The molecule has 1 aromatic heterocycles. The summed E-state index contributed by atoms with van der Waals surface area (Å²) in [5.74, 6) is 1.11. The van der Waals surface area contributed by atoms with Gasteiger partial charge in [-0.25, -0.2) is 4.98 Å². The molecule has 0 aromatic carbocycles. The van der Waals surface area contributed by atoms with E-state index in [1.54, 1.807) is 0 Å². The quantitative estimate of drug-likeness (QED) is 0.827. The second kappa shape index (κ2) is 6.03. The number of likely N-dealkylation sites (tertiary alicyclic amines) is 1. The molecule has 0 saturated carbocycles. The lowest BCUT2D eigenvalue weighted by atomic mass is 10.0. The van der Waals surface area contributed by atoms with Crippen LogP contribution in [0.2, 0.25) is 0 Å². The Hall–Kier alpha value is -0.910. The molecule has 1 N–H and O–H groups in total. The predicted octanol–water partition coefficient (Wildman–Crippen LogP) is 0.791. The van der Waals surface area contributed by atoms with Gasteiger partial charge in [-0.05, 0) is 26.9 Å². The maximum Gasteiger partial charge on any atom is 0.122 e. The minimum absolute atomic E-state index is 0.564. The highest BCUT2D eigenvalue weighted by atomic mass is 16.3. The number of aliphatic hydroxyl groups is 1. The van der Waals surface area contributed by atoms with Gasteiger partial charge in [0.25, 0.3) is 0 Å². The Balaban J connectivity index is 1.92. The molecule has 2 heterocycles. The molecule has 1 aliphatic rings. The Morgan fingerprint density at radius 2 is 2.26 bits per heavy atom. The Bertz CT molecular complexity index is 404. The normalized spacial score (nSPS) is 24.5. The molecule has 0 amide bonds. The van der Waals surface area contributed by atoms with Crippen LogP contribution in [0.15, 0.2) is 12.4 Å². The van der Waals surface area contributed by atoms with E-state index in [-0.39, 0.29) is 0 Å². The van der Waals surface area contributed by atoms with Crippen molar-refractivity contribution in [2.24, 2.45) is 0 Å². The molecule has 2 rings (SSSR count). The van der Waals surface area contributed by atoms with Gasteiger partial charge in [-0.15, -0.1) is 0 Å². The van der Waals surface area contributed by atoms with E-state index in [1.807, 2.05) is 26.5 Å². The number of β-amino-alcohol motifs (C(OH)–C–C–N with tert-alkyl or cyclic N) is 1. The van der Waals surface area contributed by atoms with Crippen molar-refractivity contribution in [1.29, 1.82) is 0 Å². The Morgan fingerprint density at radius 1 is 1.47 bits per heavy atom. The lowest BCUT2D eigenvalue weighted by Gasteiger charge is -2.26. The number of nitrogens with zero attached hydrogens (tertiary/aromatic N) is 4. The van der Waals surface area contributed by atoms with Crippen molar-refractivity contribution in [3.8, 4) is 0 Å². The van der Waals surface area contributed by atoms with Crippen LogP contribution in [-0.4, -0.2) is 63.8 Å². The van der Waals surface area contributed by atoms with E-state index in [1.165, 1.54) is 0 Å². The van der Waals surface area contributed by atoms with Gasteiger partial charge in [-0.3, -0.25) is 4.90 Å². The minimum atomic E-state index is -0.564. The largest absolute Gasteiger partial charge is 0.387 e. The second-order valence-corrected chi connectivity index (χ2v) is 5.96. The molecule has 1 fully saturated rings. The topological polar surface area (TPSA) is 44.5 Å². The fourth-order valence-corrected chi connectivity index (χ4v) is 2.93. The third kappa shape index (κ3) is 3.78. The second-order valence-electron chi connectivity index (χ2n) is 5.96.